The van der Waals surface area contributed by atoms with Crippen LogP contribution < -0.4 is 4.72 Å². The van der Waals surface area contributed by atoms with Gasteiger partial charge in [-0.2, -0.15) is 4.98 Å². The molecule has 3 aromatic rings. The highest BCUT2D eigenvalue weighted by Crippen LogP contribution is 2.34. The number of aromatic nitrogens is 2. The highest BCUT2D eigenvalue weighted by atomic mass is 35.5. The molecule has 132 valence electrons. The lowest BCUT2D eigenvalue weighted by Gasteiger charge is -2.09. The van der Waals surface area contributed by atoms with Crippen LogP contribution in [0.5, 0.6) is 0 Å². The fraction of sp³-hybridized carbons (Fsp3) is 0.250. The van der Waals surface area contributed by atoms with Crippen LogP contribution in [-0.4, -0.2) is 18.6 Å². The molecule has 0 saturated carbocycles. The maximum Gasteiger partial charge on any atom is 0.263 e. The highest BCUT2D eigenvalue weighted by Gasteiger charge is 2.23. The Morgan fingerprint density at radius 3 is 2.68 bits per heavy atom. The SMILES string of the molecule is CCc1nc(-c2cc(S(=O)(=O)Nc3ccc(C)cc3Cl)c(C)s2)no1. The van der Waals surface area contributed by atoms with Crippen molar-refractivity contribution in [1.82, 2.24) is 10.1 Å². The van der Waals surface area contributed by atoms with E-state index in [0.717, 1.165) is 5.56 Å². The predicted octanol–water partition coefficient (Wildman–Crippen LogP) is 4.43. The summed E-state index contributed by atoms with van der Waals surface area (Å²) in [5.41, 5.74) is 1.29. The van der Waals surface area contributed by atoms with Gasteiger partial charge in [0.2, 0.25) is 11.7 Å². The number of hydrogen-bond donors (Lipinski definition) is 1. The molecule has 0 radical (unpaired) electrons. The monoisotopic (exact) mass is 397 g/mol. The van der Waals surface area contributed by atoms with Crippen molar-refractivity contribution in [3.05, 3.63) is 45.6 Å². The highest BCUT2D eigenvalue weighted by molar-refractivity contribution is 7.93. The first kappa shape index (κ1) is 17.9. The largest absolute Gasteiger partial charge is 0.339 e. The maximum atomic E-state index is 12.7. The van der Waals surface area contributed by atoms with Crippen molar-refractivity contribution in [3.63, 3.8) is 0 Å². The average molecular weight is 398 g/mol. The summed E-state index contributed by atoms with van der Waals surface area (Å²) in [6.07, 6.45) is 0.621. The molecule has 0 atom stereocenters. The van der Waals surface area contributed by atoms with Crippen molar-refractivity contribution in [3.8, 4) is 10.7 Å². The summed E-state index contributed by atoms with van der Waals surface area (Å²) in [6, 6.07) is 6.69. The first-order valence-corrected chi connectivity index (χ1v) is 10.2. The Morgan fingerprint density at radius 2 is 2.04 bits per heavy atom. The van der Waals surface area contributed by atoms with E-state index < -0.39 is 10.0 Å². The smallest absolute Gasteiger partial charge is 0.263 e. The number of anilines is 1. The molecular weight excluding hydrogens is 382 g/mol. The van der Waals surface area contributed by atoms with Crippen molar-refractivity contribution in [1.29, 1.82) is 0 Å². The zero-order valence-electron chi connectivity index (χ0n) is 13.8. The molecule has 2 heterocycles. The summed E-state index contributed by atoms with van der Waals surface area (Å²) < 4.78 is 33.1. The minimum atomic E-state index is -3.78. The van der Waals surface area contributed by atoms with Crippen LogP contribution in [0, 0.1) is 13.8 Å². The number of benzene rings is 1. The molecule has 0 bridgehead atoms. The third-order valence-corrected chi connectivity index (χ3v) is 6.50. The van der Waals surface area contributed by atoms with Crippen LogP contribution in [0.2, 0.25) is 5.02 Å². The Labute approximate surface area is 154 Å². The van der Waals surface area contributed by atoms with Gasteiger partial charge in [-0.15, -0.1) is 11.3 Å². The molecule has 0 aliphatic carbocycles. The topological polar surface area (TPSA) is 85.1 Å². The van der Waals surface area contributed by atoms with Gasteiger partial charge in [0.05, 0.1) is 15.6 Å². The third-order valence-electron chi connectivity index (χ3n) is 3.52. The molecule has 2 aromatic heterocycles. The summed E-state index contributed by atoms with van der Waals surface area (Å²) in [7, 11) is -3.78. The summed E-state index contributed by atoms with van der Waals surface area (Å²) >= 11 is 7.42. The van der Waals surface area contributed by atoms with Crippen molar-refractivity contribution >= 4 is 38.6 Å². The van der Waals surface area contributed by atoms with E-state index in [4.69, 9.17) is 16.1 Å². The van der Waals surface area contributed by atoms with Crippen LogP contribution in [0.4, 0.5) is 5.69 Å². The van der Waals surface area contributed by atoms with Crippen LogP contribution in [-0.2, 0) is 16.4 Å². The number of nitrogens with zero attached hydrogens (tertiary/aromatic N) is 2. The molecule has 0 saturated heterocycles. The minimum absolute atomic E-state index is 0.173. The molecule has 0 unspecified atom stereocenters. The Bertz CT molecular complexity index is 1030. The van der Waals surface area contributed by atoms with Crippen molar-refractivity contribution in [2.24, 2.45) is 0 Å². The van der Waals surface area contributed by atoms with Crippen LogP contribution >= 0.6 is 22.9 Å². The lowest BCUT2D eigenvalue weighted by molar-refractivity contribution is 0.383. The summed E-state index contributed by atoms with van der Waals surface area (Å²) in [4.78, 5) is 5.68. The zero-order chi connectivity index (χ0) is 18.2. The molecular formula is C16H16ClN3O3S2. The van der Waals surface area contributed by atoms with Gasteiger partial charge < -0.3 is 4.52 Å². The van der Waals surface area contributed by atoms with E-state index in [9.17, 15) is 8.42 Å². The van der Waals surface area contributed by atoms with E-state index in [1.807, 2.05) is 13.8 Å². The number of rotatable bonds is 5. The van der Waals surface area contributed by atoms with Gasteiger partial charge in [0.1, 0.15) is 4.90 Å². The van der Waals surface area contributed by atoms with E-state index >= 15 is 0 Å². The molecule has 25 heavy (non-hydrogen) atoms. The average Bonchev–Trinajstić information content (AvgIpc) is 3.16. The van der Waals surface area contributed by atoms with Crippen LogP contribution in [0.15, 0.2) is 33.7 Å². The first-order valence-electron chi connectivity index (χ1n) is 7.52. The molecule has 9 heteroatoms. The van der Waals surface area contributed by atoms with Gasteiger partial charge in [0, 0.05) is 11.3 Å². The van der Waals surface area contributed by atoms with Crippen LogP contribution in [0.3, 0.4) is 0 Å². The van der Waals surface area contributed by atoms with E-state index in [0.29, 0.717) is 38.6 Å². The molecule has 0 aliphatic rings. The molecule has 6 nitrogen and oxygen atoms in total. The van der Waals surface area contributed by atoms with Gasteiger partial charge >= 0.3 is 0 Å². The molecule has 1 N–H and O–H groups in total. The summed E-state index contributed by atoms with van der Waals surface area (Å²) in [5.74, 6) is 0.898. The Balaban J connectivity index is 1.94. The second-order valence-electron chi connectivity index (χ2n) is 5.49. The lowest BCUT2D eigenvalue weighted by atomic mass is 10.2. The Morgan fingerprint density at radius 1 is 1.28 bits per heavy atom. The quantitative estimate of drug-likeness (QED) is 0.688. The van der Waals surface area contributed by atoms with Gasteiger partial charge in [0.25, 0.3) is 10.0 Å². The number of thiophene rings is 1. The number of sulfonamides is 1. The number of halogens is 1. The van der Waals surface area contributed by atoms with Gasteiger partial charge in [-0.3, -0.25) is 4.72 Å². The summed E-state index contributed by atoms with van der Waals surface area (Å²) in [6.45, 7) is 5.53. The van der Waals surface area contributed by atoms with Gasteiger partial charge in [-0.25, -0.2) is 8.42 Å². The van der Waals surface area contributed by atoms with Crippen molar-refractivity contribution < 1.29 is 12.9 Å². The minimum Gasteiger partial charge on any atom is -0.339 e. The standard InChI is InChI=1S/C16H16ClN3O3S2/c1-4-15-18-16(19-23-15)13-8-14(10(3)24-13)25(21,22)20-12-6-5-9(2)7-11(12)17/h5-8,20H,4H2,1-3H3. The molecule has 1 aromatic carbocycles. The fourth-order valence-electron chi connectivity index (χ4n) is 2.24. The van der Waals surface area contributed by atoms with E-state index in [1.54, 1.807) is 31.2 Å². The van der Waals surface area contributed by atoms with Gasteiger partial charge in [-0.1, -0.05) is 29.7 Å². The second kappa shape index (κ2) is 6.78. The van der Waals surface area contributed by atoms with Crippen LogP contribution in [0.25, 0.3) is 10.7 Å². The second-order valence-corrected chi connectivity index (χ2v) is 8.80. The Kier molecular flexibility index (Phi) is 4.86. The van der Waals surface area contributed by atoms with E-state index in [-0.39, 0.29) is 4.90 Å². The molecule has 0 amide bonds. The maximum absolute atomic E-state index is 12.7. The van der Waals surface area contributed by atoms with E-state index in [1.165, 1.54) is 11.3 Å². The lowest BCUT2D eigenvalue weighted by Crippen LogP contribution is -2.13. The molecule has 0 fully saturated rings. The molecule has 0 aliphatic heterocycles. The number of nitrogens with one attached hydrogen (secondary N) is 1. The van der Waals surface area contributed by atoms with Crippen LogP contribution in [0.1, 0.15) is 23.3 Å². The normalized spacial score (nSPS) is 11.7. The predicted molar refractivity (Wildman–Crippen MR) is 98.7 cm³/mol. The number of hydrogen-bond acceptors (Lipinski definition) is 6. The zero-order valence-corrected chi connectivity index (χ0v) is 16.2. The molecule has 0 spiro atoms. The summed E-state index contributed by atoms with van der Waals surface area (Å²) in [5, 5.41) is 4.24. The first-order chi connectivity index (χ1) is 11.8. The third kappa shape index (κ3) is 3.70. The van der Waals surface area contributed by atoms with Gasteiger partial charge in [0.15, 0.2) is 0 Å². The van der Waals surface area contributed by atoms with E-state index in [2.05, 4.69) is 14.9 Å². The Hall–Kier alpha value is -1.90. The fourth-order valence-corrected chi connectivity index (χ4v) is 5.18. The van der Waals surface area contributed by atoms with Crippen molar-refractivity contribution in [2.75, 3.05) is 4.72 Å². The molecule has 3 rings (SSSR count). The van der Waals surface area contributed by atoms with Crippen molar-refractivity contribution in [2.45, 2.75) is 32.1 Å². The number of aryl methyl sites for hydroxylation is 3. The van der Waals surface area contributed by atoms with Gasteiger partial charge in [-0.05, 0) is 37.6 Å².